The minimum Gasteiger partial charge on any atom is -0.497 e. The Morgan fingerprint density at radius 1 is 1.20 bits per heavy atom. The molecule has 2 fully saturated rings. The van der Waals surface area contributed by atoms with Gasteiger partial charge in [-0.15, -0.1) is 0 Å². The maximum atomic E-state index is 12.9. The molecule has 1 N–H and O–H groups in total. The number of methoxy groups -OCH3 is 1. The first-order valence-electron chi connectivity index (χ1n) is 8.54. The van der Waals surface area contributed by atoms with Crippen LogP contribution in [-0.4, -0.2) is 36.6 Å². The summed E-state index contributed by atoms with van der Waals surface area (Å²) in [5.41, 5.74) is 1.49. The third-order valence-corrected chi connectivity index (χ3v) is 5.01. The second kappa shape index (κ2) is 6.17. The van der Waals surface area contributed by atoms with Gasteiger partial charge in [-0.05, 0) is 24.6 Å². The van der Waals surface area contributed by atoms with E-state index in [-0.39, 0.29) is 18.1 Å². The first-order valence-corrected chi connectivity index (χ1v) is 8.54. The van der Waals surface area contributed by atoms with E-state index in [2.05, 4.69) is 5.32 Å². The maximum Gasteiger partial charge on any atom is 0.242 e. The highest BCUT2D eigenvalue weighted by Crippen LogP contribution is 2.37. The summed E-state index contributed by atoms with van der Waals surface area (Å²) in [7, 11) is 1.65. The fourth-order valence-electron chi connectivity index (χ4n) is 3.71. The molecule has 2 heterocycles. The van der Waals surface area contributed by atoms with Crippen molar-refractivity contribution in [3.05, 3.63) is 65.7 Å². The fraction of sp³-hybridized carbons (Fsp3) is 0.350. The Morgan fingerprint density at radius 2 is 1.92 bits per heavy atom. The molecule has 2 aromatic rings. The number of hydrogen-bond donors (Lipinski definition) is 1. The maximum absolute atomic E-state index is 12.9. The zero-order valence-electron chi connectivity index (χ0n) is 14.4. The third-order valence-electron chi connectivity index (χ3n) is 5.01. The van der Waals surface area contributed by atoms with Gasteiger partial charge in [0.25, 0.3) is 0 Å². The molecule has 2 aromatic carbocycles. The number of hydrogen-bond acceptors (Lipinski definition) is 4. The molecule has 3 atom stereocenters. The fourth-order valence-corrected chi connectivity index (χ4v) is 3.71. The molecular formula is C20H22N2O3. The average molecular weight is 338 g/mol. The summed E-state index contributed by atoms with van der Waals surface area (Å²) in [4.78, 5) is 14.7. The van der Waals surface area contributed by atoms with E-state index >= 15 is 0 Å². The molecule has 0 spiro atoms. The minimum absolute atomic E-state index is 0.0902. The standard InChI is InChI=1S/C20H22N2O3/c1-14-18-19(23)22(12-15-8-10-17(24-2)11-9-15)13-20(21-18,25-14)16-6-4-3-5-7-16/h3-11,14,18,21H,12-13H2,1-2H3/t14-,18-,20-/m1/s1. The zero-order valence-corrected chi connectivity index (χ0v) is 14.4. The van der Waals surface area contributed by atoms with Crippen molar-refractivity contribution in [3.8, 4) is 5.75 Å². The van der Waals surface area contributed by atoms with Gasteiger partial charge in [0.1, 0.15) is 11.8 Å². The molecule has 5 heteroatoms. The van der Waals surface area contributed by atoms with Gasteiger partial charge in [-0.1, -0.05) is 42.5 Å². The average Bonchev–Trinajstić information content (AvgIpc) is 2.95. The first-order chi connectivity index (χ1) is 12.1. The number of carbonyl (C=O) groups excluding carboxylic acids is 1. The SMILES string of the molecule is COc1ccc(CN2C[C@@]3(c4ccccc4)N[C@@H](C2=O)[C@@H](C)O3)cc1. The molecule has 0 aliphatic carbocycles. The molecular weight excluding hydrogens is 316 g/mol. The Hall–Kier alpha value is -2.37. The van der Waals surface area contributed by atoms with Crippen molar-refractivity contribution < 1.29 is 14.3 Å². The van der Waals surface area contributed by atoms with Crippen molar-refractivity contribution >= 4 is 5.91 Å². The van der Waals surface area contributed by atoms with Crippen LogP contribution >= 0.6 is 0 Å². The number of nitrogens with zero attached hydrogens (tertiary/aromatic N) is 1. The van der Waals surface area contributed by atoms with E-state index in [4.69, 9.17) is 9.47 Å². The summed E-state index contributed by atoms with van der Waals surface area (Å²) in [5, 5.41) is 3.42. The van der Waals surface area contributed by atoms with Crippen LogP contribution in [0.3, 0.4) is 0 Å². The smallest absolute Gasteiger partial charge is 0.242 e. The van der Waals surface area contributed by atoms with Gasteiger partial charge >= 0.3 is 0 Å². The quantitative estimate of drug-likeness (QED) is 0.929. The predicted octanol–water partition coefficient (Wildman–Crippen LogP) is 2.27. The lowest BCUT2D eigenvalue weighted by Crippen LogP contribution is -2.61. The Balaban J connectivity index is 1.61. The molecule has 0 radical (unpaired) electrons. The Labute approximate surface area is 147 Å². The number of piperazine rings is 1. The van der Waals surface area contributed by atoms with Gasteiger partial charge in [0.05, 0.1) is 19.8 Å². The van der Waals surface area contributed by atoms with Crippen molar-refractivity contribution in [2.45, 2.75) is 31.3 Å². The molecule has 130 valence electrons. The van der Waals surface area contributed by atoms with Crippen molar-refractivity contribution in [1.82, 2.24) is 10.2 Å². The van der Waals surface area contributed by atoms with Gasteiger partial charge in [-0.2, -0.15) is 0 Å². The normalized spacial score (nSPS) is 28.2. The number of nitrogens with one attached hydrogen (secondary N) is 1. The lowest BCUT2D eigenvalue weighted by molar-refractivity contribution is -0.140. The van der Waals surface area contributed by atoms with Crippen LogP contribution in [-0.2, 0) is 21.8 Å². The summed E-state index contributed by atoms with van der Waals surface area (Å²) in [6.45, 7) is 3.01. The highest BCUT2D eigenvalue weighted by Gasteiger charge is 2.54. The highest BCUT2D eigenvalue weighted by atomic mass is 16.5. The lowest BCUT2D eigenvalue weighted by atomic mass is 9.98. The summed E-state index contributed by atoms with van der Waals surface area (Å²) < 4.78 is 11.4. The van der Waals surface area contributed by atoms with E-state index in [1.807, 2.05) is 66.4 Å². The Bertz CT molecular complexity index is 762. The minimum atomic E-state index is -0.633. The number of benzene rings is 2. The molecule has 5 nitrogen and oxygen atoms in total. The summed E-state index contributed by atoms with van der Waals surface area (Å²) in [5.74, 6) is 0.903. The third kappa shape index (κ3) is 2.79. The molecule has 2 aliphatic rings. The number of ether oxygens (including phenoxy) is 2. The van der Waals surface area contributed by atoms with Crippen LogP contribution in [0.25, 0.3) is 0 Å². The topological polar surface area (TPSA) is 50.8 Å². The molecule has 4 rings (SSSR count). The summed E-state index contributed by atoms with van der Waals surface area (Å²) >= 11 is 0. The number of amides is 1. The van der Waals surface area contributed by atoms with Crippen molar-refractivity contribution in [1.29, 1.82) is 0 Å². The molecule has 2 aliphatic heterocycles. The number of fused-ring (bicyclic) bond motifs is 2. The monoisotopic (exact) mass is 338 g/mol. The van der Waals surface area contributed by atoms with Crippen LogP contribution in [0.4, 0.5) is 0 Å². The van der Waals surface area contributed by atoms with Gasteiger partial charge in [-0.3, -0.25) is 10.1 Å². The van der Waals surface area contributed by atoms with Crippen LogP contribution in [0.1, 0.15) is 18.1 Å². The molecule has 0 saturated carbocycles. The van der Waals surface area contributed by atoms with Crippen LogP contribution in [0.5, 0.6) is 5.75 Å². The Kier molecular flexibility index (Phi) is 3.98. The summed E-state index contributed by atoms with van der Waals surface area (Å²) in [6, 6.07) is 17.6. The number of rotatable bonds is 4. The lowest BCUT2D eigenvalue weighted by Gasteiger charge is -2.39. The van der Waals surface area contributed by atoms with Gasteiger partial charge in [0.2, 0.25) is 5.91 Å². The van der Waals surface area contributed by atoms with E-state index in [0.717, 1.165) is 16.9 Å². The van der Waals surface area contributed by atoms with Crippen LogP contribution < -0.4 is 10.1 Å². The molecule has 2 saturated heterocycles. The van der Waals surface area contributed by atoms with Crippen molar-refractivity contribution in [3.63, 3.8) is 0 Å². The molecule has 1 amide bonds. The van der Waals surface area contributed by atoms with Gasteiger partial charge in [0, 0.05) is 12.1 Å². The molecule has 2 bridgehead atoms. The van der Waals surface area contributed by atoms with Gasteiger partial charge in [0.15, 0.2) is 5.72 Å². The van der Waals surface area contributed by atoms with Crippen molar-refractivity contribution in [2.75, 3.05) is 13.7 Å². The highest BCUT2D eigenvalue weighted by molar-refractivity contribution is 5.84. The summed E-state index contributed by atoms with van der Waals surface area (Å²) in [6.07, 6.45) is -0.159. The second-order valence-corrected chi connectivity index (χ2v) is 6.68. The van der Waals surface area contributed by atoms with E-state index in [9.17, 15) is 4.79 Å². The van der Waals surface area contributed by atoms with E-state index in [1.165, 1.54) is 0 Å². The van der Waals surface area contributed by atoms with Crippen LogP contribution in [0.2, 0.25) is 0 Å². The first kappa shape index (κ1) is 16.1. The van der Waals surface area contributed by atoms with E-state index in [0.29, 0.717) is 13.1 Å². The van der Waals surface area contributed by atoms with Gasteiger partial charge in [-0.25, -0.2) is 0 Å². The Morgan fingerprint density at radius 3 is 2.60 bits per heavy atom. The van der Waals surface area contributed by atoms with Gasteiger partial charge < -0.3 is 14.4 Å². The molecule has 25 heavy (non-hydrogen) atoms. The van der Waals surface area contributed by atoms with E-state index < -0.39 is 5.72 Å². The predicted molar refractivity (Wildman–Crippen MR) is 94.0 cm³/mol. The van der Waals surface area contributed by atoms with Crippen LogP contribution in [0.15, 0.2) is 54.6 Å². The molecule has 0 unspecified atom stereocenters. The second-order valence-electron chi connectivity index (χ2n) is 6.68. The van der Waals surface area contributed by atoms with E-state index in [1.54, 1.807) is 7.11 Å². The largest absolute Gasteiger partial charge is 0.497 e. The van der Waals surface area contributed by atoms with Crippen molar-refractivity contribution in [2.24, 2.45) is 0 Å². The number of carbonyl (C=O) groups is 1. The van der Waals surface area contributed by atoms with Crippen LogP contribution in [0, 0.1) is 0 Å². The molecule has 0 aromatic heterocycles. The zero-order chi connectivity index (χ0) is 17.4.